The number of rotatable bonds is 5. The summed E-state index contributed by atoms with van der Waals surface area (Å²) in [6, 6.07) is 4.52. The monoisotopic (exact) mass is 288 g/mol. The minimum atomic E-state index is 0.217. The third-order valence-corrected chi connectivity index (χ3v) is 3.18. The van der Waals surface area contributed by atoms with Gasteiger partial charge in [0.1, 0.15) is 5.75 Å². The SMILES string of the molecule is CCNc1nc(OC)nc(Oc2c(C)ccc(C)c2C)n1. The van der Waals surface area contributed by atoms with Crippen molar-refractivity contribution in [1.29, 1.82) is 0 Å². The van der Waals surface area contributed by atoms with Crippen LogP contribution in [-0.4, -0.2) is 28.6 Å². The summed E-state index contributed by atoms with van der Waals surface area (Å²) in [5.41, 5.74) is 3.25. The summed E-state index contributed by atoms with van der Waals surface area (Å²) in [5.74, 6) is 1.20. The van der Waals surface area contributed by atoms with Crippen LogP contribution < -0.4 is 14.8 Å². The molecule has 0 fully saturated rings. The molecular weight excluding hydrogens is 268 g/mol. The van der Waals surface area contributed by atoms with Crippen LogP contribution in [0.25, 0.3) is 0 Å². The number of nitrogens with one attached hydrogen (secondary N) is 1. The van der Waals surface area contributed by atoms with E-state index in [1.807, 2.05) is 33.8 Å². The van der Waals surface area contributed by atoms with Gasteiger partial charge in [0, 0.05) is 6.54 Å². The lowest BCUT2D eigenvalue weighted by atomic mass is 10.1. The molecule has 6 heteroatoms. The van der Waals surface area contributed by atoms with Gasteiger partial charge in [0.05, 0.1) is 7.11 Å². The number of hydrogen-bond acceptors (Lipinski definition) is 6. The molecule has 1 aromatic carbocycles. The van der Waals surface area contributed by atoms with E-state index in [0.29, 0.717) is 12.5 Å². The standard InChI is InChI=1S/C15H20N4O2/c1-6-16-13-17-14(20-5)19-15(18-13)21-12-10(3)8-7-9(2)11(12)4/h7-8H,6H2,1-5H3,(H,16,17,18,19). The van der Waals surface area contributed by atoms with Gasteiger partial charge >= 0.3 is 12.0 Å². The molecule has 0 aliphatic heterocycles. The molecule has 0 radical (unpaired) electrons. The molecule has 1 N–H and O–H groups in total. The molecule has 21 heavy (non-hydrogen) atoms. The number of aromatic nitrogens is 3. The van der Waals surface area contributed by atoms with Crippen molar-refractivity contribution < 1.29 is 9.47 Å². The van der Waals surface area contributed by atoms with Gasteiger partial charge in [-0.25, -0.2) is 0 Å². The Morgan fingerprint density at radius 2 is 1.67 bits per heavy atom. The zero-order valence-electron chi connectivity index (χ0n) is 13.0. The Morgan fingerprint density at radius 3 is 2.33 bits per heavy atom. The Bertz CT molecular complexity index is 644. The van der Waals surface area contributed by atoms with Gasteiger partial charge in [-0.1, -0.05) is 12.1 Å². The van der Waals surface area contributed by atoms with Gasteiger partial charge in [-0.05, 0) is 44.4 Å². The molecular formula is C15H20N4O2. The highest BCUT2D eigenvalue weighted by Crippen LogP contribution is 2.29. The summed E-state index contributed by atoms with van der Waals surface area (Å²) in [6.07, 6.45) is 0. The average Bonchev–Trinajstić information content (AvgIpc) is 2.48. The molecule has 0 aliphatic carbocycles. The van der Waals surface area contributed by atoms with E-state index in [4.69, 9.17) is 9.47 Å². The molecule has 2 aromatic rings. The summed E-state index contributed by atoms with van der Waals surface area (Å²) in [7, 11) is 1.51. The molecule has 0 spiro atoms. The minimum Gasteiger partial charge on any atom is -0.467 e. The van der Waals surface area contributed by atoms with E-state index in [2.05, 4.69) is 26.3 Å². The van der Waals surface area contributed by atoms with E-state index in [-0.39, 0.29) is 12.0 Å². The highest BCUT2D eigenvalue weighted by atomic mass is 16.5. The zero-order chi connectivity index (χ0) is 15.4. The predicted octanol–water partition coefficient (Wildman–Crippen LogP) is 3.03. The van der Waals surface area contributed by atoms with E-state index in [0.717, 1.165) is 22.4 Å². The highest BCUT2D eigenvalue weighted by molar-refractivity contribution is 5.46. The maximum atomic E-state index is 5.87. The first kappa shape index (κ1) is 15.0. The lowest BCUT2D eigenvalue weighted by molar-refractivity contribution is 0.359. The number of anilines is 1. The molecule has 0 unspecified atom stereocenters. The number of ether oxygens (including phenoxy) is 2. The summed E-state index contributed by atoms with van der Waals surface area (Å²) < 4.78 is 10.9. The lowest BCUT2D eigenvalue weighted by Gasteiger charge is -2.13. The van der Waals surface area contributed by atoms with Crippen LogP contribution in [0, 0.1) is 20.8 Å². The van der Waals surface area contributed by atoms with Crippen molar-refractivity contribution in [3.63, 3.8) is 0 Å². The summed E-state index contributed by atoms with van der Waals surface area (Å²) in [5, 5.41) is 3.03. The number of methoxy groups -OCH3 is 1. The second-order valence-electron chi connectivity index (χ2n) is 4.71. The largest absolute Gasteiger partial charge is 0.467 e. The topological polar surface area (TPSA) is 69.2 Å². The van der Waals surface area contributed by atoms with Crippen LogP contribution in [0.5, 0.6) is 17.8 Å². The average molecular weight is 288 g/mol. The van der Waals surface area contributed by atoms with Crippen LogP contribution in [0.3, 0.4) is 0 Å². The molecule has 2 rings (SSSR count). The first-order valence-corrected chi connectivity index (χ1v) is 6.83. The first-order valence-electron chi connectivity index (χ1n) is 6.83. The van der Waals surface area contributed by atoms with Crippen molar-refractivity contribution in [3.8, 4) is 17.8 Å². The summed E-state index contributed by atoms with van der Waals surface area (Å²) in [4.78, 5) is 12.5. The smallest absolute Gasteiger partial charge is 0.330 e. The van der Waals surface area contributed by atoms with Crippen LogP contribution in [0.4, 0.5) is 5.95 Å². The van der Waals surface area contributed by atoms with Gasteiger partial charge in [-0.2, -0.15) is 9.97 Å². The van der Waals surface area contributed by atoms with Crippen LogP contribution >= 0.6 is 0 Å². The molecule has 0 bridgehead atoms. The minimum absolute atomic E-state index is 0.217. The molecule has 112 valence electrons. The molecule has 1 heterocycles. The third kappa shape index (κ3) is 3.39. The fourth-order valence-corrected chi connectivity index (χ4v) is 1.89. The number of aryl methyl sites for hydroxylation is 2. The van der Waals surface area contributed by atoms with Crippen LogP contribution in [-0.2, 0) is 0 Å². The Morgan fingerprint density at radius 1 is 1.00 bits per heavy atom. The van der Waals surface area contributed by atoms with Crippen molar-refractivity contribution in [1.82, 2.24) is 15.0 Å². The van der Waals surface area contributed by atoms with Gasteiger partial charge in [0.2, 0.25) is 5.95 Å². The van der Waals surface area contributed by atoms with Gasteiger partial charge < -0.3 is 14.8 Å². The Hall–Kier alpha value is -2.37. The van der Waals surface area contributed by atoms with Crippen LogP contribution in [0.1, 0.15) is 23.6 Å². The highest BCUT2D eigenvalue weighted by Gasteiger charge is 2.12. The molecule has 1 aromatic heterocycles. The van der Waals surface area contributed by atoms with Crippen LogP contribution in [0.2, 0.25) is 0 Å². The van der Waals surface area contributed by atoms with Crippen LogP contribution in [0.15, 0.2) is 12.1 Å². The molecule has 0 saturated carbocycles. The van der Waals surface area contributed by atoms with Gasteiger partial charge in [-0.15, -0.1) is 4.98 Å². The Labute approximate surface area is 124 Å². The van der Waals surface area contributed by atoms with Crippen molar-refractivity contribution >= 4 is 5.95 Å². The van der Waals surface area contributed by atoms with Crippen molar-refractivity contribution in [3.05, 3.63) is 28.8 Å². The quantitative estimate of drug-likeness (QED) is 0.912. The lowest BCUT2D eigenvalue weighted by Crippen LogP contribution is -2.07. The summed E-state index contributed by atoms with van der Waals surface area (Å²) in [6.45, 7) is 8.72. The second-order valence-corrected chi connectivity index (χ2v) is 4.71. The van der Waals surface area contributed by atoms with Crippen molar-refractivity contribution in [2.45, 2.75) is 27.7 Å². The van der Waals surface area contributed by atoms with E-state index < -0.39 is 0 Å². The Kier molecular flexibility index (Phi) is 4.57. The molecule has 0 atom stereocenters. The maximum Gasteiger partial charge on any atom is 0.330 e. The van der Waals surface area contributed by atoms with E-state index in [9.17, 15) is 0 Å². The second kappa shape index (κ2) is 6.39. The number of nitrogens with zero attached hydrogens (tertiary/aromatic N) is 3. The normalized spacial score (nSPS) is 10.3. The van der Waals surface area contributed by atoms with E-state index in [1.54, 1.807) is 0 Å². The maximum absolute atomic E-state index is 5.87. The first-order chi connectivity index (χ1) is 10.0. The Balaban J connectivity index is 2.39. The molecule has 6 nitrogen and oxygen atoms in total. The van der Waals surface area contributed by atoms with Gasteiger partial charge in [0.25, 0.3) is 0 Å². The summed E-state index contributed by atoms with van der Waals surface area (Å²) >= 11 is 0. The predicted molar refractivity (Wildman–Crippen MR) is 81.3 cm³/mol. The fraction of sp³-hybridized carbons (Fsp3) is 0.400. The van der Waals surface area contributed by atoms with Gasteiger partial charge in [0.15, 0.2) is 0 Å². The molecule has 0 aliphatic rings. The third-order valence-electron chi connectivity index (χ3n) is 3.18. The van der Waals surface area contributed by atoms with E-state index >= 15 is 0 Å². The van der Waals surface area contributed by atoms with Crippen molar-refractivity contribution in [2.24, 2.45) is 0 Å². The molecule has 0 amide bonds. The zero-order valence-corrected chi connectivity index (χ0v) is 13.0. The molecule has 0 saturated heterocycles. The van der Waals surface area contributed by atoms with Crippen molar-refractivity contribution in [2.75, 3.05) is 19.0 Å². The van der Waals surface area contributed by atoms with Gasteiger partial charge in [-0.3, -0.25) is 0 Å². The number of hydrogen-bond donors (Lipinski definition) is 1. The number of benzene rings is 1. The fourth-order valence-electron chi connectivity index (χ4n) is 1.89. The van der Waals surface area contributed by atoms with E-state index in [1.165, 1.54) is 7.11 Å².